The van der Waals surface area contributed by atoms with Crippen molar-refractivity contribution in [1.82, 2.24) is 19.9 Å². The zero-order chi connectivity index (χ0) is 25.9. The molecule has 1 fully saturated rings. The summed E-state index contributed by atoms with van der Waals surface area (Å²) in [5.41, 5.74) is 1.31. The van der Waals surface area contributed by atoms with Crippen LogP contribution in [0.1, 0.15) is 42.6 Å². The number of hydrogen-bond donors (Lipinski definition) is 1. The number of benzene rings is 1. The van der Waals surface area contributed by atoms with E-state index in [1.165, 1.54) is 17.7 Å². The lowest BCUT2D eigenvalue weighted by molar-refractivity contribution is 0.0357. The predicted octanol–water partition coefficient (Wildman–Crippen LogP) is 4.45. The molecule has 1 aromatic carbocycles. The van der Waals surface area contributed by atoms with Crippen molar-refractivity contribution >= 4 is 39.2 Å². The molecule has 1 aliphatic heterocycles. The minimum Gasteiger partial charge on any atom is -0.493 e. The van der Waals surface area contributed by atoms with Gasteiger partial charge in [-0.2, -0.15) is 0 Å². The zero-order valence-electron chi connectivity index (χ0n) is 21.6. The van der Waals surface area contributed by atoms with E-state index in [9.17, 15) is 4.79 Å². The Hall–Kier alpha value is -3.02. The van der Waals surface area contributed by atoms with Crippen LogP contribution in [0.25, 0.3) is 10.9 Å². The van der Waals surface area contributed by atoms with Gasteiger partial charge < -0.3 is 24.3 Å². The van der Waals surface area contributed by atoms with Crippen LogP contribution in [0.4, 0.5) is 10.9 Å². The van der Waals surface area contributed by atoms with Crippen LogP contribution in [0.15, 0.2) is 18.5 Å². The summed E-state index contributed by atoms with van der Waals surface area (Å²) >= 11 is 1.22. The molecular weight excluding hydrogens is 482 g/mol. The number of hydrogen-bond acceptors (Lipinski definition) is 11. The third-order valence-corrected chi connectivity index (χ3v) is 6.44. The van der Waals surface area contributed by atoms with Gasteiger partial charge in [0.1, 0.15) is 17.0 Å². The van der Waals surface area contributed by atoms with E-state index in [2.05, 4.69) is 25.2 Å². The second kappa shape index (κ2) is 13.9. The number of esters is 1. The Balaban J connectivity index is 0.00000176. The van der Waals surface area contributed by atoms with Gasteiger partial charge in [0.25, 0.3) is 0 Å². The zero-order valence-corrected chi connectivity index (χ0v) is 22.4. The molecule has 0 saturated carbocycles. The number of fused-ring (bicyclic) bond motifs is 1. The molecule has 0 amide bonds. The highest BCUT2D eigenvalue weighted by molar-refractivity contribution is 7.17. The highest BCUT2D eigenvalue weighted by Gasteiger charge is 2.18. The van der Waals surface area contributed by atoms with Crippen molar-refractivity contribution in [2.75, 3.05) is 58.5 Å². The molecule has 0 spiro atoms. The highest BCUT2D eigenvalue weighted by atomic mass is 32.1. The third-order valence-electron chi connectivity index (χ3n) is 5.38. The molecule has 0 atom stereocenters. The molecular formula is C25H35N5O5S. The third kappa shape index (κ3) is 7.02. The number of morpholine rings is 1. The SMILES string of the molecule is CC.CCOC(=O)c1sc(Nc2ncnc3cc(OCCCN4CCOCC4)c(OC)cc23)nc1C. The van der Waals surface area contributed by atoms with Gasteiger partial charge in [-0.15, -0.1) is 0 Å². The van der Waals surface area contributed by atoms with E-state index in [-0.39, 0.29) is 5.97 Å². The molecule has 4 rings (SSSR count). The second-order valence-corrected chi connectivity index (χ2v) is 8.68. The van der Waals surface area contributed by atoms with Crippen LogP contribution in [0.3, 0.4) is 0 Å². The normalized spacial score (nSPS) is 13.6. The standard InChI is InChI=1S/C23H29N5O5S.C2H6/c1-4-32-22(29)20-15(2)26-23(34-20)27-21-16-12-18(30-3)19(13-17(16)24-14-25-21)33-9-5-6-28-7-10-31-11-8-28;1-2/h12-14H,4-11H2,1-3H3,(H,24,25,26,27);1-2H3. The molecule has 1 saturated heterocycles. The molecule has 1 N–H and O–H groups in total. The van der Waals surface area contributed by atoms with Gasteiger partial charge in [0.2, 0.25) is 0 Å². The molecule has 0 bridgehead atoms. The van der Waals surface area contributed by atoms with Crippen LogP contribution in [-0.4, -0.2) is 79.0 Å². The van der Waals surface area contributed by atoms with E-state index in [0.717, 1.165) is 44.7 Å². The Morgan fingerprint density at radius 1 is 1.19 bits per heavy atom. The fourth-order valence-corrected chi connectivity index (χ4v) is 4.53. The Kier molecular flexibility index (Phi) is 10.6. The monoisotopic (exact) mass is 517 g/mol. The maximum Gasteiger partial charge on any atom is 0.350 e. The Labute approximate surface area is 216 Å². The van der Waals surface area contributed by atoms with Crippen molar-refractivity contribution in [3.8, 4) is 11.5 Å². The fraction of sp³-hybridized carbons (Fsp3) is 0.520. The van der Waals surface area contributed by atoms with Crippen molar-refractivity contribution in [2.24, 2.45) is 0 Å². The highest BCUT2D eigenvalue weighted by Crippen LogP contribution is 2.35. The Morgan fingerprint density at radius 2 is 1.97 bits per heavy atom. The summed E-state index contributed by atoms with van der Waals surface area (Å²) in [5, 5.41) is 4.50. The van der Waals surface area contributed by atoms with Crippen molar-refractivity contribution < 1.29 is 23.7 Å². The van der Waals surface area contributed by atoms with Gasteiger partial charge in [0, 0.05) is 31.1 Å². The number of aryl methyl sites for hydroxylation is 1. The number of rotatable bonds is 10. The van der Waals surface area contributed by atoms with E-state index >= 15 is 0 Å². The van der Waals surface area contributed by atoms with E-state index in [1.54, 1.807) is 21.0 Å². The molecule has 0 aliphatic carbocycles. The molecule has 0 radical (unpaired) electrons. The van der Waals surface area contributed by atoms with Gasteiger partial charge in [0.15, 0.2) is 16.6 Å². The molecule has 36 heavy (non-hydrogen) atoms. The summed E-state index contributed by atoms with van der Waals surface area (Å²) in [5.74, 6) is 1.41. The Bertz CT molecular complexity index is 1130. The molecule has 3 heterocycles. The molecule has 196 valence electrons. The van der Waals surface area contributed by atoms with E-state index < -0.39 is 0 Å². The number of methoxy groups -OCH3 is 1. The first kappa shape index (κ1) is 27.6. The number of aromatic nitrogens is 3. The summed E-state index contributed by atoms with van der Waals surface area (Å²) in [6.45, 7) is 12.9. The van der Waals surface area contributed by atoms with Gasteiger partial charge >= 0.3 is 5.97 Å². The average Bonchev–Trinajstić information content (AvgIpc) is 3.28. The summed E-state index contributed by atoms with van der Waals surface area (Å²) in [7, 11) is 1.61. The van der Waals surface area contributed by atoms with E-state index in [1.807, 2.05) is 26.0 Å². The quantitative estimate of drug-likeness (QED) is 0.306. The molecule has 2 aromatic heterocycles. The molecule has 0 unspecified atom stereocenters. The van der Waals surface area contributed by atoms with Gasteiger partial charge in [-0.25, -0.2) is 19.7 Å². The van der Waals surface area contributed by atoms with Gasteiger partial charge in [-0.1, -0.05) is 25.2 Å². The van der Waals surface area contributed by atoms with E-state index in [4.69, 9.17) is 18.9 Å². The molecule has 1 aliphatic rings. The topological polar surface area (TPSA) is 108 Å². The number of carbonyl (C=O) groups is 1. The average molecular weight is 518 g/mol. The maximum absolute atomic E-state index is 12.1. The molecule has 11 heteroatoms. The van der Waals surface area contributed by atoms with Crippen LogP contribution >= 0.6 is 11.3 Å². The number of nitrogens with one attached hydrogen (secondary N) is 1. The van der Waals surface area contributed by atoms with Crippen molar-refractivity contribution in [3.05, 3.63) is 29.0 Å². The number of thiazole rings is 1. The number of nitrogens with zero attached hydrogens (tertiary/aromatic N) is 4. The van der Waals surface area contributed by atoms with Crippen LogP contribution in [0.5, 0.6) is 11.5 Å². The van der Waals surface area contributed by atoms with Crippen molar-refractivity contribution in [1.29, 1.82) is 0 Å². The Morgan fingerprint density at radius 3 is 2.69 bits per heavy atom. The van der Waals surface area contributed by atoms with Crippen molar-refractivity contribution in [2.45, 2.75) is 34.1 Å². The largest absolute Gasteiger partial charge is 0.493 e. The first-order valence-corrected chi connectivity index (χ1v) is 13.1. The van der Waals surface area contributed by atoms with Crippen LogP contribution in [0.2, 0.25) is 0 Å². The summed E-state index contributed by atoms with van der Waals surface area (Å²) in [4.78, 5) is 28.2. The van der Waals surface area contributed by atoms with E-state index in [0.29, 0.717) is 51.7 Å². The first-order valence-electron chi connectivity index (χ1n) is 12.3. The lowest BCUT2D eigenvalue weighted by Gasteiger charge is -2.26. The summed E-state index contributed by atoms with van der Waals surface area (Å²) in [6, 6.07) is 3.70. The fourth-order valence-electron chi connectivity index (χ4n) is 3.67. The molecule has 3 aromatic rings. The smallest absolute Gasteiger partial charge is 0.350 e. The molecule has 10 nitrogen and oxygen atoms in total. The summed E-state index contributed by atoms with van der Waals surface area (Å²) in [6.07, 6.45) is 2.38. The number of anilines is 2. The van der Waals surface area contributed by atoms with Crippen molar-refractivity contribution in [3.63, 3.8) is 0 Å². The van der Waals surface area contributed by atoms with Crippen LogP contribution < -0.4 is 14.8 Å². The number of ether oxygens (including phenoxy) is 4. The van der Waals surface area contributed by atoms with Gasteiger partial charge in [0.05, 0.1) is 44.7 Å². The first-order chi connectivity index (χ1) is 17.6. The minimum atomic E-state index is -0.379. The second-order valence-electron chi connectivity index (χ2n) is 7.68. The summed E-state index contributed by atoms with van der Waals surface area (Å²) < 4.78 is 22.1. The van der Waals surface area contributed by atoms with Crippen LogP contribution in [-0.2, 0) is 9.47 Å². The van der Waals surface area contributed by atoms with Crippen LogP contribution in [0, 0.1) is 6.92 Å². The predicted molar refractivity (Wildman–Crippen MR) is 141 cm³/mol. The maximum atomic E-state index is 12.1. The number of carbonyl (C=O) groups excluding carboxylic acids is 1. The van der Waals surface area contributed by atoms with Gasteiger partial charge in [-0.3, -0.25) is 4.90 Å². The minimum absolute atomic E-state index is 0.312. The lowest BCUT2D eigenvalue weighted by Crippen LogP contribution is -2.37. The van der Waals surface area contributed by atoms with Gasteiger partial charge in [-0.05, 0) is 26.3 Å². The lowest BCUT2D eigenvalue weighted by atomic mass is 10.2.